The van der Waals surface area contributed by atoms with Gasteiger partial charge in [-0.2, -0.15) is 0 Å². The third-order valence-electron chi connectivity index (χ3n) is 5.84. The van der Waals surface area contributed by atoms with Crippen LogP contribution in [0.15, 0.2) is 102 Å². The molecule has 0 saturated carbocycles. The van der Waals surface area contributed by atoms with E-state index in [1.54, 1.807) is 12.1 Å². The van der Waals surface area contributed by atoms with Gasteiger partial charge in [0, 0.05) is 16.3 Å². The Kier molecular flexibility index (Phi) is 8.00. The van der Waals surface area contributed by atoms with Crippen LogP contribution in [-0.4, -0.2) is 22.9 Å². The number of para-hydroxylation sites is 1. The molecule has 7 heteroatoms. The van der Waals surface area contributed by atoms with Crippen molar-refractivity contribution < 1.29 is 19.5 Å². The quantitative estimate of drug-likeness (QED) is 0.278. The molecule has 3 aromatic rings. The van der Waals surface area contributed by atoms with Crippen LogP contribution in [0.5, 0.6) is 0 Å². The summed E-state index contributed by atoms with van der Waals surface area (Å²) in [5.74, 6) is -2.70. The lowest BCUT2D eigenvalue weighted by Gasteiger charge is -2.24. The van der Waals surface area contributed by atoms with Crippen molar-refractivity contribution in [1.82, 2.24) is 0 Å². The summed E-state index contributed by atoms with van der Waals surface area (Å²) in [5.41, 5.74) is 2.20. The van der Waals surface area contributed by atoms with Crippen LogP contribution in [0.3, 0.4) is 0 Å². The number of allylic oxidation sites excluding steroid dienone is 2. The molecule has 2 amide bonds. The van der Waals surface area contributed by atoms with Crippen LogP contribution in [-0.2, 0) is 14.4 Å². The second-order valence-electron chi connectivity index (χ2n) is 8.27. The first-order chi connectivity index (χ1) is 17.0. The van der Waals surface area contributed by atoms with Crippen molar-refractivity contribution in [3.05, 3.63) is 103 Å². The van der Waals surface area contributed by atoms with Crippen LogP contribution in [0, 0.1) is 11.8 Å². The van der Waals surface area contributed by atoms with E-state index in [9.17, 15) is 19.5 Å². The van der Waals surface area contributed by atoms with E-state index in [0.717, 1.165) is 16.1 Å². The van der Waals surface area contributed by atoms with Crippen LogP contribution >= 0.6 is 11.8 Å². The van der Waals surface area contributed by atoms with Gasteiger partial charge in [-0.05, 0) is 54.8 Å². The molecule has 0 aliphatic heterocycles. The molecule has 3 aromatic carbocycles. The standard InChI is InChI=1S/C28H26N2O4S/c31-26(23-13-7-8-14-24(23)28(33)34)29-21-15-17-22(18-16-21)35-25(19-9-3-1-4-10-19)27(32)30-20-11-5-2-6-12-20/h1-12,15-18,23-25H,13-14H2,(H,29,31)(H,30,32)(H,33,34). The molecule has 6 nitrogen and oxygen atoms in total. The summed E-state index contributed by atoms with van der Waals surface area (Å²) in [6.45, 7) is 0. The molecule has 4 rings (SSSR count). The molecule has 0 fully saturated rings. The van der Waals surface area contributed by atoms with Crippen molar-refractivity contribution in [3.8, 4) is 0 Å². The van der Waals surface area contributed by atoms with Gasteiger partial charge in [0.1, 0.15) is 5.25 Å². The lowest BCUT2D eigenvalue weighted by Crippen LogP contribution is -2.34. The van der Waals surface area contributed by atoms with Gasteiger partial charge in [-0.1, -0.05) is 60.7 Å². The number of carbonyl (C=O) groups is 3. The topological polar surface area (TPSA) is 95.5 Å². The minimum Gasteiger partial charge on any atom is -0.481 e. The van der Waals surface area contributed by atoms with Crippen molar-refractivity contribution in [3.63, 3.8) is 0 Å². The maximum absolute atomic E-state index is 13.1. The van der Waals surface area contributed by atoms with E-state index >= 15 is 0 Å². The van der Waals surface area contributed by atoms with Gasteiger partial charge in [-0.15, -0.1) is 11.8 Å². The molecule has 3 atom stereocenters. The third kappa shape index (κ3) is 6.39. The number of carboxylic acid groups (broad SMARTS) is 1. The van der Waals surface area contributed by atoms with Gasteiger partial charge >= 0.3 is 5.97 Å². The fourth-order valence-corrected chi connectivity index (χ4v) is 5.02. The van der Waals surface area contributed by atoms with Crippen LogP contribution in [0.2, 0.25) is 0 Å². The predicted molar refractivity (Wildman–Crippen MR) is 138 cm³/mol. The molecule has 1 aliphatic rings. The van der Waals surface area contributed by atoms with Gasteiger partial charge in [0.2, 0.25) is 11.8 Å². The van der Waals surface area contributed by atoms with Gasteiger partial charge in [-0.25, -0.2) is 0 Å². The number of aliphatic carboxylic acids is 1. The Morgan fingerprint density at radius 1 is 0.743 bits per heavy atom. The average Bonchev–Trinajstić information content (AvgIpc) is 2.89. The zero-order valence-corrected chi connectivity index (χ0v) is 19.8. The Balaban J connectivity index is 1.45. The highest BCUT2D eigenvalue weighted by Gasteiger charge is 2.34. The summed E-state index contributed by atoms with van der Waals surface area (Å²) in [4.78, 5) is 38.2. The van der Waals surface area contributed by atoms with E-state index in [1.807, 2.05) is 84.9 Å². The van der Waals surface area contributed by atoms with Crippen molar-refractivity contribution in [1.29, 1.82) is 0 Å². The molecule has 3 unspecified atom stereocenters. The van der Waals surface area contributed by atoms with Gasteiger partial charge in [0.25, 0.3) is 0 Å². The fourth-order valence-electron chi connectivity index (χ4n) is 3.99. The fraction of sp³-hybridized carbons (Fsp3) is 0.179. The maximum Gasteiger partial charge on any atom is 0.307 e. The van der Waals surface area contributed by atoms with Crippen LogP contribution in [0.1, 0.15) is 23.7 Å². The van der Waals surface area contributed by atoms with Crippen LogP contribution in [0.4, 0.5) is 11.4 Å². The second kappa shape index (κ2) is 11.5. The van der Waals surface area contributed by atoms with E-state index < -0.39 is 23.1 Å². The van der Waals surface area contributed by atoms with Crippen molar-refractivity contribution in [2.24, 2.45) is 11.8 Å². The number of carbonyl (C=O) groups excluding carboxylic acids is 2. The summed E-state index contributed by atoms with van der Waals surface area (Å²) in [6, 6.07) is 26.1. The summed E-state index contributed by atoms with van der Waals surface area (Å²) in [6.07, 6.45) is 4.43. The number of amides is 2. The zero-order chi connectivity index (χ0) is 24.6. The molecule has 0 aromatic heterocycles. The minimum absolute atomic E-state index is 0.130. The Morgan fingerprint density at radius 3 is 1.94 bits per heavy atom. The first kappa shape index (κ1) is 24.3. The highest BCUT2D eigenvalue weighted by molar-refractivity contribution is 8.00. The van der Waals surface area contributed by atoms with Crippen molar-refractivity contribution in [2.75, 3.05) is 10.6 Å². The molecule has 178 valence electrons. The number of nitrogens with one attached hydrogen (secondary N) is 2. The van der Waals surface area contributed by atoms with Gasteiger partial charge in [0.15, 0.2) is 0 Å². The first-order valence-corrected chi connectivity index (χ1v) is 12.3. The van der Waals surface area contributed by atoms with Gasteiger partial charge in [0.05, 0.1) is 11.8 Å². The monoisotopic (exact) mass is 486 g/mol. The summed E-state index contributed by atoms with van der Waals surface area (Å²) in [7, 11) is 0. The minimum atomic E-state index is -0.956. The summed E-state index contributed by atoms with van der Waals surface area (Å²) < 4.78 is 0. The maximum atomic E-state index is 13.1. The number of carboxylic acids is 1. The van der Waals surface area contributed by atoms with E-state index in [-0.39, 0.29) is 11.8 Å². The Hall–Kier alpha value is -3.84. The zero-order valence-electron chi connectivity index (χ0n) is 19.0. The highest BCUT2D eigenvalue weighted by atomic mass is 32.2. The van der Waals surface area contributed by atoms with E-state index in [2.05, 4.69) is 10.6 Å². The SMILES string of the molecule is O=C(Nc1ccccc1)C(Sc1ccc(NC(=O)C2CC=CCC2C(=O)O)cc1)c1ccccc1. The molecule has 35 heavy (non-hydrogen) atoms. The van der Waals surface area contributed by atoms with Crippen LogP contribution < -0.4 is 10.6 Å². The number of anilines is 2. The van der Waals surface area contributed by atoms with Crippen molar-refractivity contribution in [2.45, 2.75) is 23.0 Å². The number of thioether (sulfide) groups is 1. The normalized spacial score (nSPS) is 17.8. The third-order valence-corrected chi connectivity index (χ3v) is 7.11. The first-order valence-electron chi connectivity index (χ1n) is 11.4. The summed E-state index contributed by atoms with van der Waals surface area (Å²) in [5, 5.41) is 14.8. The van der Waals surface area contributed by atoms with E-state index in [4.69, 9.17) is 0 Å². The van der Waals surface area contributed by atoms with E-state index in [0.29, 0.717) is 18.5 Å². The molecular weight excluding hydrogens is 460 g/mol. The lowest BCUT2D eigenvalue weighted by molar-refractivity contribution is -0.146. The number of rotatable bonds is 8. The Bertz CT molecular complexity index is 1200. The number of benzene rings is 3. The molecule has 0 radical (unpaired) electrons. The number of hydrogen-bond acceptors (Lipinski definition) is 4. The lowest BCUT2D eigenvalue weighted by atomic mass is 9.82. The molecule has 1 aliphatic carbocycles. The smallest absolute Gasteiger partial charge is 0.307 e. The molecule has 3 N–H and O–H groups in total. The predicted octanol–water partition coefficient (Wildman–Crippen LogP) is 5.76. The summed E-state index contributed by atoms with van der Waals surface area (Å²) >= 11 is 1.42. The van der Waals surface area contributed by atoms with E-state index in [1.165, 1.54) is 11.8 Å². The molecule has 0 bridgehead atoms. The average molecular weight is 487 g/mol. The molecule has 0 saturated heterocycles. The largest absolute Gasteiger partial charge is 0.481 e. The van der Waals surface area contributed by atoms with Gasteiger partial charge < -0.3 is 15.7 Å². The van der Waals surface area contributed by atoms with Gasteiger partial charge in [-0.3, -0.25) is 14.4 Å². The molecular formula is C28H26N2O4S. The second-order valence-corrected chi connectivity index (χ2v) is 9.45. The van der Waals surface area contributed by atoms with Crippen LogP contribution in [0.25, 0.3) is 0 Å². The van der Waals surface area contributed by atoms with Crippen molar-refractivity contribution >= 4 is 40.9 Å². The molecule has 0 heterocycles. The Labute approximate surface area is 208 Å². The number of hydrogen-bond donors (Lipinski definition) is 3. The highest BCUT2D eigenvalue weighted by Crippen LogP contribution is 2.37. The Morgan fingerprint density at radius 2 is 1.31 bits per heavy atom. The molecule has 0 spiro atoms.